The van der Waals surface area contributed by atoms with E-state index in [1.165, 1.54) is 4.90 Å². The van der Waals surface area contributed by atoms with Crippen LogP contribution in [0.3, 0.4) is 0 Å². The number of hydrogen-bond donors (Lipinski definition) is 1. The predicted molar refractivity (Wildman–Crippen MR) is 101 cm³/mol. The third-order valence-corrected chi connectivity index (χ3v) is 5.99. The molecule has 1 aromatic rings. The van der Waals surface area contributed by atoms with Gasteiger partial charge in [0.1, 0.15) is 18.8 Å². The van der Waals surface area contributed by atoms with Crippen LogP contribution in [0.1, 0.15) is 12.0 Å². The number of rotatable bonds is 4. The molecule has 0 aliphatic carbocycles. The van der Waals surface area contributed by atoms with Crippen LogP contribution in [0, 0.1) is 0 Å². The van der Waals surface area contributed by atoms with Gasteiger partial charge in [-0.15, -0.1) is 0 Å². The molecule has 0 saturated carbocycles. The molecule has 3 aliphatic heterocycles. The van der Waals surface area contributed by atoms with E-state index in [1.54, 1.807) is 4.90 Å². The Hall–Kier alpha value is -2.16. The van der Waals surface area contributed by atoms with E-state index in [4.69, 9.17) is 9.47 Å². The number of ether oxygens (including phenoxy) is 2. The number of benzene rings is 1. The first-order valence-corrected chi connectivity index (χ1v) is 9.87. The fourth-order valence-electron chi connectivity index (χ4n) is 4.35. The lowest BCUT2D eigenvalue weighted by Gasteiger charge is -2.50. The summed E-state index contributed by atoms with van der Waals surface area (Å²) in [6, 6.07) is 9.48. The smallest absolute Gasteiger partial charge is 0.410 e. The average molecular weight is 389 g/mol. The first kappa shape index (κ1) is 19.2. The molecule has 0 bridgehead atoms. The van der Waals surface area contributed by atoms with Gasteiger partial charge in [0.15, 0.2) is 0 Å². The summed E-state index contributed by atoms with van der Waals surface area (Å²) in [6.07, 6.45) is 0.0192. The van der Waals surface area contributed by atoms with E-state index in [9.17, 15) is 14.7 Å². The highest BCUT2D eigenvalue weighted by Gasteiger charge is 2.47. The van der Waals surface area contributed by atoms with Crippen LogP contribution >= 0.6 is 0 Å². The Morgan fingerprint density at radius 2 is 1.86 bits per heavy atom. The predicted octanol–water partition coefficient (Wildman–Crippen LogP) is 0.260. The zero-order valence-electron chi connectivity index (χ0n) is 16.0. The summed E-state index contributed by atoms with van der Waals surface area (Å²) in [5.74, 6) is -0.104. The SMILES string of the molecule is O=C(CN1CCOC1=O)N1CC[C@](O)(c2ccccc2)[C@H](N2CCOCC2)C1. The number of carbonyl (C=O) groups excluding carboxylic acids is 2. The molecule has 0 spiro atoms. The normalized spacial score (nSPS) is 29.0. The molecule has 0 aromatic heterocycles. The number of piperidine rings is 1. The minimum Gasteiger partial charge on any atom is -0.448 e. The van der Waals surface area contributed by atoms with Crippen LogP contribution in [0.25, 0.3) is 0 Å². The van der Waals surface area contributed by atoms with Crippen molar-refractivity contribution in [2.45, 2.75) is 18.1 Å². The maximum Gasteiger partial charge on any atom is 0.410 e. The largest absolute Gasteiger partial charge is 0.448 e. The zero-order valence-corrected chi connectivity index (χ0v) is 16.0. The molecule has 0 radical (unpaired) electrons. The highest BCUT2D eigenvalue weighted by Crippen LogP contribution is 2.36. The molecule has 8 nitrogen and oxygen atoms in total. The summed E-state index contributed by atoms with van der Waals surface area (Å²) in [5, 5.41) is 11.7. The van der Waals surface area contributed by atoms with Crippen molar-refractivity contribution in [2.24, 2.45) is 0 Å². The van der Waals surface area contributed by atoms with Gasteiger partial charge in [-0.2, -0.15) is 0 Å². The summed E-state index contributed by atoms with van der Waals surface area (Å²) < 4.78 is 10.4. The van der Waals surface area contributed by atoms with Crippen LogP contribution in [0.2, 0.25) is 0 Å². The fraction of sp³-hybridized carbons (Fsp3) is 0.600. The van der Waals surface area contributed by atoms with E-state index < -0.39 is 11.7 Å². The molecule has 3 aliphatic rings. The Balaban J connectivity index is 1.53. The summed E-state index contributed by atoms with van der Waals surface area (Å²) in [7, 11) is 0. The quantitative estimate of drug-likeness (QED) is 0.796. The lowest BCUT2D eigenvalue weighted by molar-refractivity contribution is -0.148. The van der Waals surface area contributed by atoms with Crippen molar-refractivity contribution < 1.29 is 24.2 Å². The van der Waals surface area contributed by atoms with Crippen molar-refractivity contribution in [1.82, 2.24) is 14.7 Å². The fourth-order valence-corrected chi connectivity index (χ4v) is 4.35. The molecule has 0 unspecified atom stereocenters. The lowest BCUT2D eigenvalue weighted by Crippen LogP contribution is -2.63. The van der Waals surface area contributed by atoms with E-state index in [-0.39, 0.29) is 18.5 Å². The van der Waals surface area contributed by atoms with Crippen LogP contribution in [0.5, 0.6) is 0 Å². The van der Waals surface area contributed by atoms with Crippen LogP contribution in [0.4, 0.5) is 4.79 Å². The monoisotopic (exact) mass is 389 g/mol. The van der Waals surface area contributed by atoms with Crippen LogP contribution < -0.4 is 0 Å². The number of nitrogens with zero attached hydrogens (tertiary/aromatic N) is 3. The van der Waals surface area contributed by atoms with Gasteiger partial charge in [0.2, 0.25) is 5.91 Å². The van der Waals surface area contributed by atoms with Crippen molar-refractivity contribution in [1.29, 1.82) is 0 Å². The number of hydrogen-bond acceptors (Lipinski definition) is 6. The second kappa shape index (κ2) is 8.06. The number of aliphatic hydroxyl groups is 1. The average Bonchev–Trinajstić information content (AvgIpc) is 3.14. The summed E-state index contributed by atoms with van der Waals surface area (Å²) in [5.41, 5.74) is -0.149. The van der Waals surface area contributed by atoms with Crippen molar-refractivity contribution in [3.05, 3.63) is 35.9 Å². The van der Waals surface area contributed by atoms with Gasteiger partial charge in [-0.05, 0) is 12.0 Å². The van der Waals surface area contributed by atoms with E-state index in [0.717, 1.165) is 18.7 Å². The number of morpholine rings is 1. The molecule has 4 rings (SSSR count). The standard InChI is InChI=1S/C20H27N3O5/c24-18(15-23-10-13-28-19(23)25)22-7-6-20(26,16-4-2-1-3-5-16)17(14-22)21-8-11-27-12-9-21/h1-5,17,26H,6-15H2/t17-,20+/m1/s1. The van der Waals surface area contributed by atoms with Crippen LogP contribution in [-0.4, -0.2) is 96.9 Å². The van der Waals surface area contributed by atoms with Crippen molar-refractivity contribution in [3.63, 3.8) is 0 Å². The van der Waals surface area contributed by atoms with Gasteiger partial charge in [0, 0.05) is 26.2 Å². The van der Waals surface area contributed by atoms with E-state index in [0.29, 0.717) is 45.9 Å². The maximum absolute atomic E-state index is 12.8. The van der Waals surface area contributed by atoms with Gasteiger partial charge in [-0.3, -0.25) is 14.6 Å². The minimum atomic E-state index is -1.03. The molecule has 8 heteroatoms. The van der Waals surface area contributed by atoms with Gasteiger partial charge in [-0.25, -0.2) is 4.79 Å². The Kier molecular flexibility index (Phi) is 5.52. The molecule has 2 atom stereocenters. The minimum absolute atomic E-state index is 0.0262. The molecule has 1 aromatic carbocycles. The van der Waals surface area contributed by atoms with Gasteiger partial charge in [0.05, 0.1) is 25.8 Å². The molecular formula is C20H27N3O5. The van der Waals surface area contributed by atoms with E-state index in [1.807, 2.05) is 30.3 Å². The lowest BCUT2D eigenvalue weighted by atomic mass is 9.79. The van der Waals surface area contributed by atoms with E-state index >= 15 is 0 Å². The number of likely N-dealkylation sites (tertiary alicyclic amines) is 1. The van der Waals surface area contributed by atoms with Gasteiger partial charge in [0.25, 0.3) is 0 Å². The highest BCUT2D eigenvalue weighted by atomic mass is 16.6. The first-order valence-electron chi connectivity index (χ1n) is 9.87. The number of amides is 2. The second-order valence-electron chi connectivity index (χ2n) is 7.58. The van der Waals surface area contributed by atoms with Gasteiger partial charge >= 0.3 is 6.09 Å². The molecule has 3 saturated heterocycles. The Morgan fingerprint density at radius 1 is 1.11 bits per heavy atom. The van der Waals surface area contributed by atoms with Crippen molar-refractivity contribution >= 4 is 12.0 Å². The number of carbonyl (C=O) groups is 2. The maximum atomic E-state index is 12.8. The summed E-state index contributed by atoms with van der Waals surface area (Å²) in [6.45, 7) is 4.36. The van der Waals surface area contributed by atoms with Gasteiger partial charge < -0.3 is 19.5 Å². The molecule has 2 amide bonds. The van der Waals surface area contributed by atoms with Crippen molar-refractivity contribution in [3.8, 4) is 0 Å². The van der Waals surface area contributed by atoms with E-state index in [2.05, 4.69) is 4.90 Å². The third-order valence-electron chi connectivity index (χ3n) is 5.99. The first-order chi connectivity index (χ1) is 13.6. The number of cyclic esters (lactones) is 1. The zero-order chi connectivity index (χ0) is 19.6. The summed E-state index contributed by atoms with van der Waals surface area (Å²) >= 11 is 0. The Morgan fingerprint density at radius 3 is 2.54 bits per heavy atom. The molecular weight excluding hydrogens is 362 g/mol. The van der Waals surface area contributed by atoms with Gasteiger partial charge in [-0.1, -0.05) is 30.3 Å². The highest BCUT2D eigenvalue weighted by molar-refractivity contribution is 5.83. The third kappa shape index (κ3) is 3.72. The van der Waals surface area contributed by atoms with Crippen LogP contribution in [0.15, 0.2) is 30.3 Å². The van der Waals surface area contributed by atoms with Crippen LogP contribution in [-0.2, 0) is 19.9 Å². The molecule has 1 N–H and O–H groups in total. The Bertz CT molecular complexity index is 709. The Labute approximate surface area is 164 Å². The van der Waals surface area contributed by atoms with Crippen molar-refractivity contribution in [2.75, 3.05) is 59.1 Å². The second-order valence-corrected chi connectivity index (χ2v) is 7.58. The molecule has 3 heterocycles. The molecule has 3 fully saturated rings. The topological polar surface area (TPSA) is 82.5 Å². The summed E-state index contributed by atoms with van der Waals surface area (Å²) in [4.78, 5) is 29.9. The molecule has 152 valence electrons. The molecule has 28 heavy (non-hydrogen) atoms.